The van der Waals surface area contributed by atoms with Gasteiger partial charge in [-0.3, -0.25) is 4.79 Å². The molecule has 0 saturated heterocycles. The molecule has 0 amide bonds. The maximum absolute atomic E-state index is 11.8. The quantitative estimate of drug-likeness (QED) is 0.0795. The van der Waals surface area contributed by atoms with Gasteiger partial charge in [0.1, 0.15) is 19.0 Å². The molecule has 6 heteroatoms. The Labute approximate surface area is 220 Å². The first-order valence-electron chi connectivity index (χ1n) is 14.5. The molecule has 0 unspecified atom stereocenters. The van der Waals surface area contributed by atoms with Gasteiger partial charge >= 0.3 is 5.97 Å². The van der Waals surface area contributed by atoms with E-state index in [1.807, 2.05) is 18.2 Å². The molecule has 0 aliphatic rings. The molecule has 2 N–H and O–H groups in total. The third kappa shape index (κ3) is 20.4. The number of hydrogen-bond acceptors (Lipinski definition) is 6. The standard InChI is InChI=1S/C30H53NO5/c1-2-3-4-5-6-7-8-9-10-11-12-13-14-15-16-21-30(32)36-27-25-34-23-22-33-24-26-35-29-20-18-17-19-28(29)31/h17-20H,2-16,21-27,31H2,1H3. The lowest BCUT2D eigenvalue weighted by molar-refractivity contribution is -0.145. The maximum atomic E-state index is 11.8. The molecule has 1 aromatic carbocycles. The van der Waals surface area contributed by atoms with Crippen molar-refractivity contribution in [2.24, 2.45) is 0 Å². The zero-order chi connectivity index (χ0) is 25.9. The predicted octanol–water partition coefficient (Wildman–Crippen LogP) is 7.49. The number of benzene rings is 1. The van der Waals surface area contributed by atoms with Crippen LogP contribution in [0.3, 0.4) is 0 Å². The molecule has 0 radical (unpaired) electrons. The summed E-state index contributed by atoms with van der Waals surface area (Å²) in [6.45, 7) is 4.80. The summed E-state index contributed by atoms with van der Waals surface area (Å²) in [7, 11) is 0. The zero-order valence-corrected chi connectivity index (χ0v) is 23.0. The van der Waals surface area contributed by atoms with Gasteiger partial charge in [0.05, 0.1) is 32.1 Å². The highest BCUT2D eigenvalue weighted by Gasteiger charge is 2.03. The minimum atomic E-state index is -0.123. The summed E-state index contributed by atoms with van der Waals surface area (Å²) in [6, 6.07) is 7.39. The highest BCUT2D eigenvalue weighted by Crippen LogP contribution is 2.19. The number of nitrogen functional groups attached to an aromatic ring is 1. The summed E-state index contributed by atoms with van der Waals surface area (Å²) in [5, 5.41) is 0. The topological polar surface area (TPSA) is 80.0 Å². The van der Waals surface area contributed by atoms with E-state index in [0.717, 1.165) is 12.8 Å². The van der Waals surface area contributed by atoms with Gasteiger partial charge in [0, 0.05) is 6.42 Å². The fourth-order valence-electron chi connectivity index (χ4n) is 4.07. The van der Waals surface area contributed by atoms with Crippen molar-refractivity contribution < 1.29 is 23.7 Å². The molecule has 0 bridgehead atoms. The van der Waals surface area contributed by atoms with Crippen LogP contribution in [-0.2, 0) is 19.0 Å². The normalized spacial score (nSPS) is 11.0. The van der Waals surface area contributed by atoms with E-state index in [4.69, 9.17) is 24.7 Å². The number of anilines is 1. The van der Waals surface area contributed by atoms with Crippen molar-refractivity contribution in [2.45, 2.75) is 110 Å². The molecule has 36 heavy (non-hydrogen) atoms. The Bertz CT molecular complexity index is 625. The van der Waals surface area contributed by atoms with Crippen molar-refractivity contribution >= 4 is 11.7 Å². The summed E-state index contributed by atoms with van der Waals surface area (Å²) in [5.74, 6) is 0.547. The summed E-state index contributed by atoms with van der Waals surface area (Å²) < 4.78 is 21.7. The smallest absolute Gasteiger partial charge is 0.305 e. The number of ether oxygens (including phenoxy) is 4. The summed E-state index contributed by atoms with van der Waals surface area (Å²) in [5.41, 5.74) is 6.43. The van der Waals surface area contributed by atoms with E-state index in [-0.39, 0.29) is 5.97 Å². The van der Waals surface area contributed by atoms with Gasteiger partial charge in [0.2, 0.25) is 0 Å². The van der Waals surface area contributed by atoms with Crippen molar-refractivity contribution in [1.82, 2.24) is 0 Å². The summed E-state index contributed by atoms with van der Waals surface area (Å²) in [4.78, 5) is 11.8. The molecule has 0 fully saturated rings. The van der Waals surface area contributed by atoms with Crippen molar-refractivity contribution in [3.05, 3.63) is 24.3 Å². The van der Waals surface area contributed by atoms with Gasteiger partial charge in [-0.25, -0.2) is 0 Å². The number of nitrogens with two attached hydrogens (primary N) is 1. The van der Waals surface area contributed by atoms with Gasteiger partial charge in [0.25, 0.3) is 0 Å². The van der Waals surface area contributed by atoms with Gasteiger partial charge in [-0.15, -0.1) is 0 Å². The van der Waals surface area contributed by atoms with E-state index < -0.39 is 0 Å². The van der Waals surface area contributed by atoms with E-state index in [1.54, 1.807) is 6.07 Å². The fourth-order valence-corrected chi connectivity index (χ4v) is 4.07. The second kappa shape index (κ2) is 24.9. The summed E-state index contributed by atoms with van der Waals surface area (Å²) in [6.07, 6.45) is 20.4. The van der Waals surface area contributed by atoms with E-state index >= 15 is 0 Å². The molecule has 0 heterocycles. The van der Waals surface area contributed by atoms with Crippen molar-refractivity contribution in [2.75, 3.05) is 45.4 Å². The van der Waals surface area contributed by atoms with Crippen LogP contribution in [0.4, 0.5) is 5.69 Å². The summed E-state index contributed by atoms with van der Waals surface area (Å²) >= 11 is 0. The van der Waals surface area contributed by atoms with Crippen molar-refractivity contribution in [1.29, 1.82) is 0 Å². The Morgan fingerprint density at radius 3 is 1.67 bits per heavy atom. The number of para-hydroxylation sites is 2. The Morgan fingerprint density at radius 2 is 1.11 bits per heavy atom. The van der Waals surface area contributed by atoms with Crippen LogP contribution in [0, 0.1) is 0 Å². The maximum Gasteiger partial charge on any atom is 0.305 e. The highest BCUT2D eigenvalue weighted by molar-refractivity contribution is 5.69. The van der Waals surface area contributed by atoms with Crippen molar-refractivity contribution in [3.8, 4) is 5.75 Å². The van der Waals surface area contributed by atoms with Crippen LogP contribution in [0.25, 0.3) is 0 Å². The number of esters is 1. The Kier molecular flexibility index (Phi) is 22.3. The second-order valence-electron chi connectivity index (χ2n) is 9.53. The van der Waals surface area contributed by atoms with Gasteiger partial charge in [-0.05, 0) is 18.6 Å². The van der Waals surface area contributed by atoms with E-state index in [0.29, 0.717) is 57.5 Å². The first-order valence-corrected chi connectivity index (χ1v) is 14.5. The molecule has 6 nitrogen and oxygen atoms in total. The number of hydrogen-bond donors (Lipinski definition) is 1. The monoisotopic (exact) mass is 507 g/mol. The molecule has 0 aromatic heterocycles. The Morgan fingerprint density at radius 1 is 0.639 bits per heavy atom. The van der Waals surface area contributed by atoms with Crippen LogP contribution in [0.5, 0.6) is 5.75 Å². The first kappa shape index (κ1) is 32.2. The van der Waals surface area contributed by atoms with E-state index in [2.05, 4.69) is 6.92 Å². The minimum Gasteiger partial charge on any atom is -0.489 e. The zero-order valence-electron chi connectivity index (χ0n) is 23.0. The Hall–Kier alpha value is -1.79. The average molecular weight is 508 g/mol. The van der Waals surface area contributed by atoms with Crippen molar-refractivity contribution in [3.63, 3.8) is 0 Å². The second-order valence-corrected chi connectivity index (χ2v) is 9.53. The average Bonchev–Trinajstić information content (AvgIpc) is 2.88. The van der Waals surface area contributed by atoms with Gasteiger partial charge in [0.15, 0.2) is 0 Å². The van der Waals surface area contributed by atoms with Crippen LogP contribution in [0.15, 0.2) is 24.3 Å². The molecule has 1 rings (SSSR count). The minimum absolute atomic E-state index is 0.123. The molecule has 0 atom stereocenters. The largest absolute Gasteiger partial charge is 0.489 e. The van der Waals surface area contributed by atoms with Gasteiger partial charge < -0.3 is 24.7 Å². The first-order chi connectivity index (χ1) is 17.7. The third-order valence-corrected chi connectivity index (χ3v) is 6.25. The molecule has 0 saturated carbocycles. The molecular weight excluding hydrogens is 454 g/mol. The van der Waals surface area contributed by atoms with Crippen LogP contribution in [-0.4, -0.2) is 45.6 Å². The molecule has 1 aromatic rings. The van der Waals surface area contributed by atoms with Crippen LogP contribution < -0.4 is 10.5 Å². The lowest BCUT2D eigenvalue weighted by Gasteiger charge is -2.09. The third-order valence-electron chi connectivity index (χ3n) is 6.25. The molecule has 0 aliphatic heterocycles. The lowest BCUT2D eigenvalue weighted by Crippen LogP contribution is -2.14. The highest BCUT2D eigenvalue weighted by atomic mass is 16.6. The number of unbranched alkanes of at least 4 members (excludes halogenated alkanes) is 14. The number of rotatable bonds is 26. The van der Waals surface area contributed by atoms with Gasteiger partial charge in [-0.2, -0.15) is 0 Å². The van der Waals surface area contributed by atoms with Crippen LogP contribution >= 0.6 is 0 Å². The number of carbonyl (C=O) groups is 1. The van der Waals surface area contributed by atoms with Crippen LogP contribution in [0.2, 0.25) is 0 Å². The van der Waals surface area contributed by atoms with E-state index in [9.17, 15) is 4.79 Å². The molecular formula is C30H53NO5. The Balaban J connectivity index is 1.73. The SMILES string of the molecule is CCCCCCCCCCCCCCCCCC(=O)OCCOCCOCCOc1ccccc1N. The van der Waals surface area contributed by atoms with Crippen LogP contribution in [0.1, 0.15) is 110 Å². The fraction of sp³-hybridized carbons (Fsp3) is 0.767. The number of carbonyl (C=O) groups excluding carboxylic acids is 1. The predicted molar refractivity (Wildman–Crippen MR) is 148 cm³/mol. The molecule has 0 aliphatic carbocycles. The van der Waals surface area contributed by atoms with E-state index in [1.165, 1.54) is 83.5 Å². The molecule has 0 spiro atoms. The molecule has 208 valence electrons. The lowest BCUT2D eigenvalue weighted by atomic mass is 10.0. The van der Waals surface area contributed by atoms with Gasteiger partial charge in [-0.1, -0.05) is 109 Å².